The zero-order chi connectivity index (χ0) is 19.2. The molecule has 0 saturated heterocycles. The third-order valence-electron chi connectivity index (χ3n) is 3.24. The largest absolute Gasteiger partial charge is 0.454 e. The molecule has 0 radical (unpaired) electrons. The van der Waals surface area contributed by atoms with Crippen LogP contribution in [0.5, 0.6) is 0 Å². The molecule has 0 aliphatic carbocycles. The number of halogens is 1. The topological polar surface area (TPSA) is 123 Å². The Balaban J connectivity index is 1.48. The van der Waals surface area contributed by atoms with Crippen LogP contribution in [0.3, 0.4) is 0 Å². The number of carbonyl (C=O) groups is 2. The first-order valence-electron chi connectivity index (χ1n) is 7.50. The number of nitrogens with one attached hydrogen (secondary N) is 1. The van der Waals surface area contributed by atoms with E-state index in [-0.39, 0.29) is 11.6 Å². The Kier molecular flexibility index (Phi) is 5.75. The lowest BCUT2D eigenvalue weighted by Gasteiger charge is -2.07. The zero-order valence-electron chi connectivity index (χ0n) is 13.6. The van der Waals surface area contributed by atoms with E-state index < -0.39 is 18.5 Å². The number of anilines is 1. The number of hydrogen-bond donors (Lipinski definition) is 1. The number of carbonyl (C=O) groups excluding carboxylic acids is 2. The number of amides is 1. The van der Waals surface area contributed by atoms with Gasteiger partial charge in [0.2, 0.25) is 5.82 Å². The average Bonchev–Trinajstić information content (AvgIpc) is 3.32. The third kappa shape index (κ3) is 4.87. The number of benzene rings is 1. The minimum atomic E-state index is -0.683. The smallest absolute Gasteiger partial charge is 0.330 e. The van der Waals surface area contributed by atoms with Gasteiger partial charge in [-0.25, -0.2) is 4.79 Å². The summed E-state index contributed by atoms with van der Waals surface area (Å²) in [7, 11) is 0. The molecular weight excluding hydrogens is 392 g/mol. The Hall–Kier alpha value is -3.29. The van der Waals surface area contributed by atoms with Crippen molar-refractivity contribution in [2.45, 2.75) is 6.54 Å². The van der Waals surface area contributed by atoms with Crippen molar-refractivity contribution >= 4 is 40.5 Å². The molecule has 0 aliphatic rings. The lowest BCUT2D eigenvalue weighted by atomic mass is 10.2. The fraction of sp³-hybridized carbons (Fsp3) is 0.125. The summed E-state index contributed by atoms with van der Waals surface area (Å²) in [6.07, 6.45) is 0. The van der Waals surface area contributed by atoms with Crippen LogP contribution in [-0.4, -0.2) is 38.7 Å². The molecule has 3 rings (SSSR count). The maximum Gasteiger partial charge on any atom is 0.330 e. The molecule has 0 aliphatic heterocycles. The van der Waals surface area contributed by atoms with E-state index in [1.54, 1.807) is 0 Å². The van der Waals surface area contributed by atoms with Gasteiger partial charge in [0.05, 0.1) is 10.6 Å². The van der Waals surface area contributed by atoms with E-state index in [4.69, 9.17) is 21.6 Å². The zero-order valence-corrected chi connectivity index (χ0v) is 15.2. The van der Waals surface area contributed by atoms with Gasteiger partial charge >= 0.3 is 5.97 Å². The first-order chi connectivity index (χ1) is 13.0. The Bertz CT molecular complexity index is 1010. The Morgan fingerprint density at radius 2 is 2.22 bits per heavy atom. The molecule has 2 aromatic heterocycles. The van der Waals surface area contributed by atoms with Gasteiger partial charge in [0.15, 0.2) is 13.2 Å². The van der Waals surface area contributed by atoms with Crippen LogP contribution in [-0.2, 0) is 20.9 Å². The minimum absolute atomic E-state index is 0.214. The van der Waals surface area contributed by atoms with Crippen molar-refractivity contribution in [2.24, 2.45) is 0 Å². The number of thiophene rings is 1. The maximum absolute atomic E-state index is 11.8. The highest BCUT2D eigenvalue weighted by atomic mass is 35.5. The highest BCUT2D eigenvalue weighted by Crippen LogP contribution is 2.20. The maximum atomic E-state index is 11.8. The fourth-order valence-electron chi connectivity index (χ4n) is 2.01. The lowest BCUT2D eigenvalue weighted by Crippen LogP contribution is -2.23. The van der Waals surface area contributed by atoms with Crippen molar-refractivity contribution in [3.8, 4) is 17.5 Å². The summed E-state index contributed by atoms with van der Waals surface area (Å²) in [4.78, 5) is 24.8. The highest BCUT2D eigenvalue weighted by Gasteiger charge is 2.13. The number of ether oxygens (including phenoxy) is 1. The second kappa shape index (κ2) is 8.39. The van der Waals surface area contributed by atoms with Gasteiger partial charge in [-0.15, -0.1) is 10.2 Å². The molecule has 1 aromatic carbocycles. The van der Waals surface area contributed by atoms with Crippen LogP contribution in [0.1, 0.15) is 5.56 Å². The van der Waals surface area contributed by atoms with E-state index in [1.807, 2.05) is 22.9 Å². The molecule has 0 bridgehead atoms. The van der Waals surface area contributed by atoms with Crippen molar-refractivity contribution in [3.63, 3.8) is 0 Å². The molecule has 1 N–H and O–H groups in total. The van der Waals surface area contributed by atoms with E-state index in [0.29, 0.717) is 17.1 Å². The molecule has 0 fully saturated rings. The number of hydrogen-bond acceptors (Lipinski definition) is 8. The first-order valence-corrected chi connectivity index (χ1v) is 8.83. The molecular formula is C16H11ClN6O3S. The molecule has 0 saturated carbocycles. The van der Waals surface area contributed by atoms with Gasteiger partial charge in [0.1, 0.15) is 6.07 Å². The first kappa shape index (κ1) is 18.5. The second-order valence-corrected chi connectivity index (χ2v) is 6.36. The summed E-state index contributed by atoms with van der Waals surface area (Å²) < 4.78 is 4.89. The van der Waals surface area contributed by atoms with Gasteiger partial charge in [-0.05, 0) is 34.9 Å². The average molecular weight is 403 g/mol. The quantitative estimate of drug-likeness (QED) is 0.626. The fourth-order valence-corrected chi connectivity index (χ4v) is 2.86. The summed E-state index contributed by atoms with van der Waals surface area (Å²) in [5.74, 6) is -0.827. The predicted molar refractivity (Wildman–Crippen MR) is 96.9 cm³/mol. The minimum Gasteiger partial charge on any atom is -0.454 e. The van der Waals surface area contributed by atoms with E-state index in [0.717, 1.165) is 10.4 Å². The molecule has 27 heavy (non-hydrogen) atoms. The van der Waals surface area contributed by atoms with E-state index in [2.05, 4.69) is 20.7 Å². The molecule has 9 nitrogen and oxygen atoms in total. The molecule has 1 amide bonds. The van der Waals surface area contributed by atoms with Crippen LogP contribution in [0.25, 0.3) is 11.4 Å². The number of tetrazole rings is 1. The number of nitriles is 1. The van der Waals surface area contributed by atoms with Crippen molar-refractivity contribution in [2.75, 3.05) is 11.9 Å². The molecule has 3 aromatic rings. The van der Waals surface area contributed by atoms with Gasteiger partial charge in [0.25, 0.3) is 5.91 Å². The molecule has 0 unspecified atom stereocenters. The third-order valence-corrected chi connectivity index (χ3v) is 4.24. The van der Waals surface area contributed by atoms with Crippen molar-refractivity contribution < 1.29 is 14.3 Å². The molecule has 0 atom stereocenters. The van der Waals surface area contributed by atoms with Gasteiger partial charge in [-0.2, -0.15) is 21.4 Å². The van der Waals surface area contributed by atoms with Gasteiger partial charge in [-0.3, -0.25) is 4.79 Å². The summed E-state index contributed by atoms with van der Waals surface area (Å²) >= 11 is 7.38. The lowest BCUT2D eigenvalue weighted by molar-refractivity contribution is -0.148. The predicted octanol–water partition coefficient (Wildman–Crippen LogP) is 2.11. The molecule has 0 spiro atoms. The van der Waals surface area contributed by atoms with Crippen LogP contribution >= 0.6 is 22.9 Å². The molecule has 11 heteroatoms. The number of nitrogens with zero attached hydrogens (tertiary/aromatic N) is 5. The normalized spacial score (nSPS) is 10.2. The Labute approximate surface area is 162 Å². The summed E-state index contributed by atoms with van der Waals surface area (Å²) in [6.45, 7) is -0.754. The molecule has 136 valence electrons. The number of rotatable bonds is 6. The monoisotopic (exact) mass is 402 g/mol. The molecule has 2 heterocycles. The van der Waals surface area contributed by atoms with E-state index >= 15 is 0 Å². The van der Waals surface area contributed by atoms with Crippen molar-refractivity contribution in [1.82, 2.24) is 20.2 Å². The highest BCUT2D eigenvalue weighted by molar-refractivity contribution is 7.08. The summed E-state index contributed by atoms with van der Waals surface area (Å²) in [5, 5.41) is 27.0. The number of esters is 1. The van der Waals surface area contributed by atoms with Crippen molar-refractivity contribution in [1.29, 1.82) is 5.26 Å². The number of aromatic nitrogens is 4. The van der Waals surface area contributed by atoms with Gasteiger partial charge in [0, 0.05) is 16.6 Å². The Morgan fingerprint density at radius 3 is 2.93 bits per heavy atom. The SMILES string of the molecule is N#Cc1ccc(NC(=O)COC(=O)Cn2nnc(-c3ccsc3)n2)cc1Cl. The second-order valence-electron chi connectivity index (χ2n) is 5.17. The van der Waals surface area contributed by atoms with E-state index in [1.165, 1.54) is 29.5 Å². The van der Waals surface area contributed by atoms with Crippen LogP contribution in [0.2, 0.25) is 5.02 Å². The summed E-state index contributed by atoms with van der Waals surface area (Å²) in [5.41, 5.74) is 1.49. The standard InChI is InChI=1S/C16H11ClN6O3S/c17-13-5-12(2-1-10(13)6-18)19-14(24)8-26-15(25)7-23-21-16(20-22-23)11-3-4-27-9-11/h1-5,9H,7-8H2,(H,19,24). The van der Waals surface area contributed by atoms with Gasteiger partial charge in [-0.1, -0.05) is 11.6 Å². The Morgan fingerprint density at radius 1 is 1.37 bits per heavy atom. The summed E-state index contributed by atoms with van der Waals surface area (Å²) in [6, 6.07) is 8.19. The van der Waals surface area contributed by atoms with Gasteiger partial charge < -0.3 is 10.1 Å². The van der Waals surface area contributed by atoms with Crippen LogP contribution in [0, 0.1) is 11.3 Å². The van der Waals surface area contributed by atoms with Crippen molar-refractivity contribution in [3.05, 3.63) is 45.6 Å². The van der Waals surface area contributed by atoms with Crippen LogP contribution in [0.15, 0.2) is 35.0 Å². The van der Waals surface area contributed by atoms with E-state index in [9.17, 15) is 9.59 Å². The van der Waals surface area contributed by atoms with Crippen LogP contribution in [0.4, 0.5) is 5.69 Å². The van der Waals surface area contributed by atoms with Crippen LogP contribution < -0.4 is 5.32 Å².